The molecule has 0 spiro atoms. The molecule has 1 N–H and O–H groups in total. The Bertz CT molecular complexity index is 1330. The van der Waals surface area contributed by atoms with Gasteiger partial charge in [0.1, 0.15) is 11.3 Å². The molecule has 4 heterocycles. The van der Waals surface area contributed by atoms with Crippen LogP contribution in [0.2, 0.25) is 0 Å². The van der Waals surface area contributed by atoms with E-state index >= 15 is 0 Å². The molecule has 5 rings (SSSR count). The zero-order valence-corrected chi connectivity index (χ0v) is 18.1. The van der Waals surface area contributed by atoms with Crippen molar-refractivity contribution in [2.75, 3.05) is 18.4 Å². The molecule has 4 aromatic rings. The molecule has 33 heavy (non-hydrogen) atoms. The van der Waals surface area contributed by atoms with Gasteiger partial charge >= 0.3 is 0 Å². The Hall–Kier alpha value is -3.66. The van der Waals surface area contributed by atoms with Crippen LogP contribution in [0.5, 0.6) is 0 Å². The number of aryl methyl sites for hydroxylation is 1. The number of carbonyl (C=O) groups is 1. The molecule has 170 valence electrons. The first kappa shape index (κ1) is 21.2. The lowest BCUT2D eigenvalue weighted by Gasteiger charge is -2.20. The first-order valence-corrected chi connectivity index (χ1v) is 10.6. The number of halogens is 2. The number of likely N-dealkylation sites (tertiary alicyclic amines) is 1. The summed E-state index contributed by atoms with van der Waals surface area (Å²) in [5.74, 6) is -2.39. The van der Waals surface area contributed by atoms with E-state index in [-0.39, 0.29) is 31.3 Å². The molecule has 1 unspecified atom stereocenters. The van der Waals surface area contributed by atoms with Gasteiger partial charge in [-0.2, -0.15) is 4.98 Å². The van der Waals surface area contributed by atoms with Gasteiger partial charge in [-0.05, 0) is 37.6 Å². The summed E-state index contributed by atoms with van der Waals surface area (Å²) in [6, 6.07) is 10.5. The van der Waals surface area contributed by atoms with Crippen molar-refractivity contribution < 1.29 is 18.1 Å². The van der Waals surface area contributed by atoms with E-state index in [1.165, 1.54) is 6.20 Å². The van der Waals surface area contributed by atoms with Crippen molar-refractivity contribution in [2.24, 2.45) is 0 Å². The molecule has 8 nitrogen and oxygen atoms in total. The summed E-state index contributed by atoms with van der Waals surface area (Å²) >= 11 is 0. The molecule has 1 saturated heterocycles. The van der Waals surface area contributed by atoms with Crippen LogP contribution in [0.25, 0.3) is 17.0 Å². The number of nitrogens with one attached hydrogen (secondary N) is 1. The number of pyridine rings is 1. The number of alkyl halides is 2. The minimum atomic E-state index is -2.69. The number of anilines is 1. The highest BCUT2D eigenvalue weighted by atomic mass is 19.3. The predicted molar refractivity (Wildman–Crippen MR) is 117 cm³/mol. The van der Waals surface area contributed by atoms with Crippen molar-refractivity contribution in [2.45, 2.75) is 32.2 Å². The van der Waals surface area contributed by atoms with Crippen LogP contribution in [0.15, 0.2) is 53.3 Å². The maximum Gasteiger partial charge on any atom is 0.274 e. The average molecular weight is 452 g/mol. The van der Waals surface area contributed by atoms with E-state index in [4.69, 9.17) is 4.52 Å². The number of amides is 1. The largest absolute Gasteiger partial charge is 0.337 e. The van der Waals surface area contributed by atoms with Crippen LogP contribution in [0.3, 0.4) is 0 Å². The maximum atomic E-state index is 13.6. The number of carbonyl (C=O) groups excluding carboxylic acids is 1. The highest BCUT2D eigenvalue weighted by molar-refractivity contribution is 6.04. The molecule has 1 aromatic carbocycles. The number of fused-ring (bicyclic) bond motifs is 1. The summed E-state index contributed by atoms with van der Waals surface area (Å²) in [6.07, 6.45) is 3.13. The van der Waals surface area contributed by atoms with Crippen molar-refractivity contribution >= 4 is 17.2 Å². The van der Waals surface area contributed by atoms with E-state index in [1.807, 2.05) is 37.3 Å². The van der Waals surface area contributed by atoms with Crippen LogP contribution < -0.4 is 5.32 Å². The fourth-order valence-electron chi connectivity index (χ4n) is 3.95. The number of imidazole rings is 1. The Balaban J connectivity index is 1.36. The second-order valence-corrected chi connectivity index (χ2v) is 8.26. The van der Waals surface area contributed by atoms with Gasteiger partial charge in [0, 0.05) is 30.4 Å². The Labute approximate surface area is 188 Å². The number of hydrogen-bond acceptors (Lipinski definition) is 6. The fourth-order valence-corrected chi connectivity index (χ4v) is 3.95. The number of benzene rings is 1. The molecule has 1 fully saturated rings. The molecule has 10 heteroatoms. The van der Waals surface area contributed by atoms with E-state index in [9.17, 15) is 13.6 Å². The lowest BCUT2D eigenvalue weighted by atomic mass is 10.1. The molecule has 1 atom stereocenters. The van der Waals surface area contributed by atoms with Gasteiger partial charge in [0.05, 0.1) is 18.8 Å². The second-order valence-electron chi connectivity index (χ2n) is 8.26. The van der Waals surface area contributed by atoms with Gasteiger partial charge in [0.2, 0.25) is 11.7 Å². The summed E-state index contributed by atoms with van der Waals surface area (Å²) in [4.78, 5) is 23.2. The summed E-state index contributed by atoms with van der Waals surface area (Å²) in [5.41, 5.74) is 3.19. The third-order valence-corrected chi connectivity index (χ3v) is 5.94. The minimum absolute atomic E-state index is 0.175. The number of hydrogen-bond donors (Lipinski definition) is 1. The van der Waals surface area contributed by atoms with Crippen LogP contribution in [-0.2, 0) is 0 Å². The summed E-state index contributed by atoms with van der Waals surface area (Å²) in [5, 5.41) is 6.95. The monoisotopic (exact) mass is 452 g/mol. The highest BCUT2D eigenvalue weighted by Crippen LogP contribution is 2.33. The molecule has 1 amide bonds. The maximum absolute atomic E-state index is 13.6. The van der Waals surface area contributed by atoms with Gasteiger partial charge in [-0.25, -0.2) is 13.8 Å². The van der Waals surface area contributed by atoms with Gasteiger partial charge in [0.25, 0.3) is 11.8 Å². The van der Waals surface area contributed by atoms with Gasteiger partial charge in [-0.1, -0.05) is 23.4 Å². The molecule has 0 radical (unpaired) electrons. The highest BCUT2D eigenvalue weighted by Gasteiger charge is 2.41. The lowest BCUT2D eigenvalue weighted by Crippen LogP contribution is -2.28. The topological polar surface area (TPSA) is 88.6 Å². The van der Waals surface area contributed by atoms with E-state index in [2.05, 4.69) is 20.4 Å². The summed E-state index contributed by atoms with van der Waals surface area (Å²) in [6.45, 7) is 3.60. The standard InChI is InChI=1S/C23H22F2N6O2/c1-14-6-7-16(20-28-22(33-29-20)15(2)30-10-8-23(24,25)13-30)11-17(14)27-21(32)18-12-26-19-5-3-4-9-31(18)19/h3-7,9,11-12,15H,8,10,13H2,1-2H3,(H,27,32). The predicted octanol–water partition coefficient (Wildman–Crippen LogP) is 4.35. The van der Waals surface area contributed by atoms with Gasteiger partial charge in [-0.15, -0.1) is 0 Å². The van der Waals surface area contributed by atoms with Gasteiger partial charge in [0.15, 0.2) is 0 Å². The van der Waals surface area contributed by atoms with Crippen molar-refractivity contribution in [3.05, 3.63) is 65.9 Å². The zero-order valence-electron chi connectivity index (χ0n) is 18.1. The molecule has 1 aliphatic rings. The Morgan fingerprint density at radius 3 is 2.91 bits per heavy atom. The first-order chi connectivity index (χ1) is 15.8. The smallest absolute Gasteiger partial charge is 0.274 e. The number of rotatable bonds is 5. The van der Waals surface area contributed by atoms with E-state index in [0.717, 1.165) is 5.56 Å². The average Bonchev–Trinajstić information content (AvgIpc) is 3.52. The quantitative estimate of drug-likeness (QED) is 0.484. The van der Waals surface area contributed by atoms with Gasteiger partial charge < -0.3 is 9.84 Å². The Kier molecular flexibility index (Phi) is 5.16. The number of aromatic nitrogens is 4. The van der Waals surface area contributed by atoms with Crippen LogP contribution in [0.4, 0.5) is 14.5 Å². The zero-order chi connectivity index (χ0) is 23.2. The van der Waals surface area contributed by atoms with Gasteiger partial charge in [-0.3, -0.25) is 14.1 Å². The lowest BCUT2D eigenvalue weighted by molar-refractivity contribution is 0.00683. The van der Waals surface area contributed by atoms with Crippen molar-refractivity contribution in [3.8, 4) is 11.4 Å². The van der Waals surface area contributed by atoms with Crippen molar-refractivity contribution in [3.63, 3.8) is 0 Å². The van der Waals surface area contributed by atoms with E-state index in [0.29, 0.717) is 28.4 Å². The second kappa shape index (κ2) is 8.04. The third-order valence-electron chi connectivity index (χ3n) is 5.94. The Morgan fingerprint density at radius 1 is 1.27 bits per heavy atom. The normalized spacial score (nSPS) is 16.8. The molecule has 0 bridgehead atoms. The van der Waals surface area contributed by atoms with Crippen LogP contribution in [0, 0.1) is 6.92 Å². The van der Waals surface area contributed by atoms with Crippen molar-refractivity contribution in [1.29, 1.82) is 0 Å². The SMILES string of the molecule is Cc1ccc(-c2noc(C(C)N3CCC(F)(F)C3)n2)cc1NC(=O)c1cnc2ccccn12. The molecular formula is C23H22F2N6O2. The van der Waals surface area contributed by atoms with E-state index in [1.54, 1.807) is 28.5 Å². The number of nitrogens with zero attached hydrogens (tertiary/aromatic N) is 5. The van der Waals surface area contributed by atoms with E-state index < -0.39 is 12.0 Å². The van der Waals surface area contributed by atoms with Crippen LogP contribution >= 0.6 is 0 Å². The fraction of sp³-hybridized carbons (Fsp3) is 0.304. The molecule has 0 saturated carbocycles. The molecule has 3 aromatic heterocycles. The van der Waals surface area contributed by atoms with Crippen molar-refractivity contribution in [1.82, 2.24) is 24.4 Å². The summed E-state index contributed by atoms with van der Waals surface area (Å²) < 4.78 is 34.2. The molecular weight excluding hydrogens is 430 g/mol. The third kappa shape index (κ3) is 4.09. The minimum Gasteiger partial charge on any atom is -0.337 e. The summed E-state index contributed by atoms with van der Waals surface area (Å²) in [7, 11) is 0. The van der Waals surface area contributed by atoms with Crippen LogP contribution in [0.1, 0.15) is 41.3 Å². The molecule has 0 aliphatic carbocycles. The first-order valence-electron chi connectivity index (χ1n) is 10.6. The Morgan fingerprint density at radius 2 is 2.12 bits per heavy atom. The molecule has 1 aliphatic heterocycles. The van der Waals surface area contributed by atoms with Crippen LogP contribution in [-0.4, -0.2) is 49.3 Å².